The third-order valence-corrected chi connectivity index (χ3v) is 4.86. The van der Waals surface area contributed by atoms with Gasteiger partial charge in [0, 0.05) is 38.3 Å². The number of carbonyl (C=O) groups is 1. The van der Waals surface area contributed by atoms with Crippen LogP contribution in [0.15, 0.2) is 29.3 Å². The van der Waals surface area contributed by atoms with Crippen molar-refractivity contribution in [3.8, 4) is 11.8 Å². The molecular formula is C22H30F3N5O. The van der Waals surface area contributed by atoms with E-state index in [2.05, 4.69) is 37.7 Å². The molecule has 1 fully saturated rings. The van der Waals surface area contributed by atoms with E-state index in [9.17, 15) is 18.0 Å². The number of carbonyl (C=O) groups excluding carboxylic acids is 1. The van der Waals surface area contributed by atoms with E-state index in [1.807, 2.05) is 6.92 Å². The van der Waals surface area contributed by atoms with Crippen molar-refractivity contribution < 1.29 is 18.0 Å². The predicted molar refractivity (Wildman–Crippen MR) is 116 cm³/mol. The van der Waals surface area contributed by atoms with Crippen LogP contribution in [-0.4, -0.2) is 62.6 Å². The first-order valence-corrected chi connectivity index (χ1v) is 10.4. The van der Waals surface area contributed by atoms with Gasteiger partial charge in [-0.2, -0.15) is 13.2 Å². The van der Waals surface area contributed by atoms with Gasteiger partial charge >= 0.3 is 6.18 Å². The first kappa shape index (κ1) is 24.5. The molecule has 3 N–H and O–H groups in total. The minimum atomic E-state index is -4.38. The van der Waals surface area contributed by atoms with Crippen LogP contribution in [0.1, 0.15) is 37.3 Å². The maximum atomic E-state index is 12.8. The molecule has 1 aliphatic rings. The van der Waals surface area contributed by atoms with E-state index in [0.29, 0.717) is 24.6 Å². The Morgan fingerprint density at radius 1 is 1.26 bits per heavy atom. The second-order valence-electron chi connectivity index (χ2n) is 7.35. The maximum Gasteiger partial charge on any atom is 0.416 e. The van der Waals surface area contributed by atoms with Gasteiger partial charge in [0.1, 0.15) is 0 Å². The minimum absolute atomic E-state index is 0.0603. The average Bonchev–Trinajstić information content (AvgIpc) is 2.75. The van der Waals surface area contributed by atoms with Crippen LogP contribution in [-0.2, 0) is 11.0 Å². The number of benzene rings is 1. The van der Waals surface area contributed by atoms with Crippen molar-refractivity contribution in [3.63, 3.8) is 0 Å². The van der Waals surface area contributed by atoms with Crippen molar-refractivity contribution in [1.29, 1.82) is 0 Å². The molecule has 31 heavy (non-hydrogen) atoms. The summed E-state index contributed by atoms with van der Waals surface area (Å²) < 4.78 is 38.3. The maximum absolute atomic E-state index is 12.8. The summed E-state index contributed by atoms with van der Waals surface area (Å²) in [6.07, 6.45) is -1.68. The molecule has 170 valence electrons. The van der Waals surface area contributed by atoms with Gasteiger partial charge in [-0.05, 0) is 37.5 Å². The largest absolute Gasteiger partial charge is 0.416 e. The molecule has 1 amide bonds. The molecule has 0 aromatic heterocycles. The summed E-state index contributed by atoms with van der Waals surface area (Å²) in [6, 6.07) is 5.19. The van der Waals surface area contributed by atoms with Gasteiger partial charge in [0.2, 0.25) is 5.91 Å². The van der Waals surface area contributed by atoms with E-state index in [-0.39, 0.29) is 18.5 Å². The van der Waals surface area contributed by atoms with Crippen LogP contribution in [0, 0.1) is 11.8 Å². The molecule has 1 saturated heterocycles. The van der Waals surface area contributed by atoms with Gasteiger partial charge < -0.3 is 16.0 Å². The number of piperidine rings is 1. The number of likely N-dealkylation sites (tertiary alicyclic amines) is 1. The van der Waals surface area contributed by atoms with E-state index in [4.69, 9.17) is 0 Å². The second kappa shape index (κ2) is 12.2. The molecule has 0 spiro atoms. The minimum Gasteiger partial charge on any atom is -0.355 e. The zero-order chi connectivity index (χ0) is 22.7. The van der Waals surface area contributed by atoms with E-state index in [1.54, 1.807) is 13.1 Å². The summed E-state index contributed by atoms with van der Waals surface area (Å²) in [7, 11) is 1.66. The number of rotatable bonds is 6. The number of amides is 1. The van der Waals surface area contributed by atoms with Crippen molar-refractivity contribution in [1.82, 2.24) is 20.9 Å². The molecule has 0 bridgehead atoms. The lowest BCUT2D eigenvalue weighted by Crippen LogP contribution is -2.50. The highest BCUT2D eigenvalue weighted by molar-refractivity contribution is 5.80. The number of hydrogen-bond acceptors (Lipinski definition) is 3. The number of hydrogen-bond donors (Lipinski definition) is 3. The third-order valence-electron chi connectivity index (χ3n) is 4.86. The average molecular weight is 438 g/mol. The number of nitrogens with zero attached hydrogens (tertiary/aromatic N) is 2. The van der Waals surface area contributed by atoms with Crippen LogP contribution < -0.4 is 16.0 Å². The lowest BCUT2D eigenvalue weighted by Gasteiger charge is -2.32. The number of alkyl halides is 3. The van der Waals surface area contributed by atoms with Crippen molar-refractivity contribution in [2.45, 2.75) is 38.4 Å². The van der Waals surface area contributed by atoms with E-state index >= 15 is 0 Å². The zero-order valence-electron chi connectivity index (χ0n) is 18.0. The Kier molecular flexibility index (Phi) is 9.66. The third kappa shape index (κ3) is 8.89. The van der Waals surface area contributed by atoms with Crippen molar-refractivity contribution in [3.05, 3.63) is 35.4 Å². The van der Waals surface area contributed by atoms with Gasteiger partial charge in [0.05, 0.1) is 18.7 Å². The van der Waals surface area contributed by atoms with Crippen LogP contribution in [0.2, 0.25) is 0 Å². The molecule has 1 aromatic rings. The predicted octanol–water partition coefficient (Wildman–Crippen LogP) is 2.21. The highest BCUT2D eigenvalue weighted by atomic mass is 19.4. The molecule has 1 aliphatic heterocycles. The summed E-state index contributed by atoms with van der Waals surface area (Å²) in [5.74, 6) is 6.22. The summed E-state index contributed by atoms with van der Waals surface area (Å²) in [6.45, 7) is 5.05. The first-order valence-electron chi connectivity index (χ1n) is 10.4. The Morgan fingerprint density at radius 2 is 2.00 bits per heavy atom. The Morgan fingerprint density at radius 3 is 2.65 bits per heavy atom. The van der Waals surface area contributed by atoms with Gasteiger partial charge in [-0.3, -0.25) is 14.7 Å². The van der Waals surface area contributed by atoms with Crippen LogP contribution in [0.4, 0.5) is 13.2 Å². The highest BCUT2D eigenvalue weighted by Crippen LogP contribution is 2.29. The van der Waals surface area contributed by atoms with Crippen LogP contribution >= 0.6 is 0 Å². The molecule has 0 saturated carbocycles. The number of guanidine groups is 1. The van der Waals surface area contributed by atoms with Gasteiger partial charge in [-0.15, -0.1) is 0 Å². The number of nitrogens with one attached hydrogen (secondary N) is 3. The quantitative estimate of drug-likeness (QED) is 0.363. The van der Waals surface area contributed by atoms with Crippen molar-refractivity contribution >= 4 is 11.9 Å². The second-order valence-corrected chi connectivity index (χ2v) is 7.35. The van der Waals surface area contributed by atoms with Crippen molar-refractivity contribution in [2.24, 2.45) is 4.99 Å². The molecule has 6 nitrogen and oxygen atoms in total. The molecule has 0 atom stereocenters. The summed E-state index contributed by atoms with van der Waals surface area (Å²) in [4.78, 5) is 18.1. The molecule has 0 radical (unpaired) electrons. The fourth-order valence-corrected chi connectivity index (χ4v) is 3.19. The smallest absolute Gasteiger partial charge is 0.355 e. The summed E-state index contributed by atoms with van der Waals surface area (Å²) >= 11 is 0. The lowest BCUT2D eigenvalue weighted by molar-refractivity contribution is -0.137. The van der Waals surface area contributed by atoms with Crippen LogP contribution in [0.25, 0.3) is 0 Å². The Balaban J connectivity index is 1.74. The Hall–Kier alpha value is -2.73. The molecule has 1 heterocycles. The van der Waals surface area contributed by atoms with Gasteiger partial charge in [-0.1, -0.05) is 24.8 Å². The monoisotopic (exact) mass is 437 g/mol. The molecular weight excluding hydrogens is 407 g/mol. The lowest BCUT2D eigenvalue weighted by atomic mass is 10.1. The summed E-state index contributed by atoms with van der Waals surface area (Å²) in [5.41, 5.74) is -0.395. The van der Waals surface area contributed by atoms with E-state index < -0.39 is 11.7 Å². The Labute approximate surface area is 181 Å². The normalized spacial score (nSPS) is 15.7. The number of aliphatic imine (C=N–C) groups is 1. The van der Waals surface area contributed by atoms with E-state index in [0.717, 1.165) is 44.5 Å². The Bertz CT molecular complexity index is 805. The van der Waals surface area contributed by atoms with Crippen molar-refractivity contribution in [2.75, 3.05) is 39.8 Å². The zero-order valence-corrected chi connectivity index (χ0v) is 18.0. The molecule has 2 rings (SSSR count). The molecule has 0 unspecified atom stereocenters. The first-order chi connectivity index (χ1) is 14.8. The van der Waals surface area contributed by atoms with Gasteiger partial charge in [0.25, 0.3) is 0 Å². The molecule has 9 heteroatoms. The topological polar surface area (TPSA) is 68.8 Å². The number of halogens is 3. The molecule has 1 aromatic carbocycles. The highest BCUT2D eigenvalue weighted by Gasteiger charge is 2.30. The van der Waals surface area contributed by atoms with Gasteiger partial charge in [0.15, 0.2) is 5.96 Å². The van der Waals surface area contributed by atoms with Gasteiger partial charge in [-0.25, -0.2) is 0 Å². The van der Waals surface area contributed by atoms with E-state index in [1.165, 1.54) is 6.07 Å². The standard InChI is InChI=1S/C22H30F3N5O/c1-3-11-27-20(31)16-30-13-9-19(10-14-30)29-21(26-2)28-12-5-7-17-6-4-8-18(15-17)22(23,24)25/h4,6,8,15,19H,3,9-14,16H2,1-2H3,(H,27,31)(H2,26,28,29). The van der Waals surface area contributed by atoms with Crippen LogP contribution in [0.5, 0.6) is 0 Å². The SMILES string of the molecule is CCCNC(=O)CN1CCC(NC(=NC)NCC#Cc2cccc(C(F)(F)F)c2)CC1. The van der Waals surface area contributed by atoms with Crippen LogP contribution in [0.3, 0.4) is 0 Å². The summed E-state index contributed by atoms with van der Waals surface area (Å²) in [5, 5.41) is 9.29. The fraction of sp³-hybridized carbons (Fsp3) is 0.545. The fourth-order valence-electron chi connectivity index (χ4n) is 3.19. The molecule has 0 aliphatic carbocycles.